The highest BCUT2D eigenvalue weighted by molar-refractivity contribution is 6.02. The van der Waals surface area contributed by atoms with Crippen LogP contribution in [-0.2, 0) is 24.2 Å². The van der Waals surface area contributed by atoms with Gasteiger partial charge in [-0.3, -0.25) is 9.59 Å². The lowest BCUT2D eigenvalue weighted by Gasteiger charge is -2.32. The number of hydrogen-bond donors (Lipinski definition) is 2. The van der Waals surface area contributed by atoms with E-state index in [1.807, 2.05) is 44.2 Å². The van der Waals surface area contributed by atoms with E-state index >= 15 is 0 Å². The lowest BCUT2D eigenvalue weighted by atomic mass is 9.98. The molecular formula is C28H31N3O2. The highest BCUT2D eigenvalue weighted by Crippen LogP contribution is 2.29. The van der Waals surface area contributed by atoms with Crippen LogP contribution in [0.1, 0.15) is 40.9 Å². The zero-order chi connectivity index (χ0) is 23.2. The summed E-state index contributed by atoms with van der Waals surface area (Å²) in [4.78, 5) is 27.7. The van der Waals surface area contributed by atoms with Crippen LogP contribution in [0, 0.1) is 5.92 Å². The number of anilines is 2. The molecule has 4 rings (SSSR count). The monoisotopic (exact) mass is 441 g/mol. The number of amides is 2. The molecule has 5 heteroatoms. The fourth-order valence-corrected chi connectivity index (χ4v) is 4.12. The molecular weight excluding hydrogens is 410 g/mol. The van der Waals surface area contributed by atoms with Gasteiger partial charge >= 0.3 is 0 Å². The zero-order valence-corrected chi connectivity index (χ0v) is 19.3. The predicted molar refractivity (Wildman–Crippen MR) is 134 cm³/mol. The Bertz CT molecular complexity index is 1120. The van der Waals surface area contributed by atoms with Crippen molar-refractivity contribution in [3.8, 4) is 0 Å². The minimum Gasteiger partial charge on any atom is -0.366 e. The molecule has 0 fully saturated rings. The summed E-state index contributed by atoms with van der Waals surface area (Å²) in [6, 6.07) is 24.2. The molecule has 33 heavy (non-hydrogen) atoms. The van der Waals surface area contributed by atoms with Crippen LogP contribution < -0.4 is 15.5 Å². The van der Waals surface area contributed by atoms with Gasteiger partial charge in [0, 0.05) is 36.9 Å². The molecule has 3 aromatic carbocycles. The maximum Gasteiger partial charge on any atom is 0.253 e. The van der Waals surface area contributed by atoms with E-state index in [0.29, 0.717) is 17.8 Å². The molecule has 1 heterocycles. The van der Waals surface area contributed by atoms with Crippen LogP contribution in [0.15, 0.2) is 72.8 Å². The smallest absolute Gasteiger partial charge is 0.253 e. The summed E-state index contributed by atoms with van der Waals surface area (Å²) in [5.41, 5.74) is 5.96. The van der Waals surface area contributed by atoms with Crippen molar-refractivity contribution in [1.82, 2.24) is 5.32 Å². The van der Waals surface area contributed by atoms with Crippen LogP contribution in [0.4, 0.5) is 11.4 Å². The fourth-order valence-electron chi connectivity index (χ4n) is 4.12. The Kier molecular flexibility index (Phi) is 7.08. The van der Waals surface area contributed by atoms with Crippen molar-refractivity contribution in [1.29, 1.82) is 0 Å². The van der Waals surface area contributed by atoms with Crippen LogP contribution in [0.3, 0.4) is 0 Å². The number of rotatable bonds is 7. The molecule has 2 N–H and O–H groups in total. The number of hydrogen-bond acceptors (Lipinski definition) is 3. The van der Waals surface area contributed by atoms with Crippen molar-refractivity contribution in [3.05, 3.63) is 95.1 Å². The van der Waals surface area contributed by atoms with Crippen LogP contribution in [0.5, 0.6) is 0 Å². The van der Waals surface area contributed by atoms with Crippen molar-refractivity contribution in [2.24, 2.45) is 5.92 Å². The van der Waals surface area contributed by atoms with Crippen LogP contribution in [-0.4, -0.2) is 24.9 Å². The first-order valence-corrected chi connectivity index (χ1v) is 11.6. The first-order valence-electron chi connectivity index (χ1n) is 11.6. The van der Waals surface area contributed by atoms with Crippen molar-refractivity contribution in [3.63, 3.8) is 0 Å². The van der Waals surface area contributed by atoms with Crippen molar-refractivity contribution >= 4 is 23.2 Å². The van der Waals surface area contributed by atoms with E-state index in [-0.39, 0.29) is 17.7 Å². The Morgan fingerprint density at radius 2 is 1.67 bits per heavy atom. The van der Waals surface area contributed by atoms with Gasteiger partial charge in [-0.15, -0.1) is 0 Å². The molecule has 0 aliphatic carbocycles. The standard InChI is InChI=1S/C28H31N3O2/c1-20(2)27(32)30-24-12-13-26(31-17-15-22-10-6-7-11-23(22)19-31)25(18-24)28(33)29-16-14-21-8-4-3-5-9-21/h3-13,18,20H,14-17,19H2,1-2H3,(H,29,33)(H,30,32). The normalized spacial score (nSPS) is 12.9. The van der Waals surface area contributed by atoms with Crippen LogP contribution in [0.25, 0.3) is 0 Å². The molecule has 0 bridgehead atoms. The molecule has 0 atom stereocenters. The second-order valence-corrected chi connectivity index (χ2v) is 8.81. The molecule has 3 aromatic rings. The maximum absolute atomic E-state index is 13.3. The van der Waals surface area contributed by atoms with Gasteiger partial charge in [0.2, 0.25) is 5.91 Å². The van der Waals surface area contributed by atoms with Gasteiger partial charge in [-0.05, 0) is 47.7 Å². The van der Waals surface area contributed by atoms with E-state index in [2.05, 4.69) is 51.9 Å². The van der Waals surface area contributed by atoms with Gasteiger partial charge in [0.25, 0.3) is 5.91 Å². The molecule has 170 valence electrons. The van der Waals surface area contributed by atoms with Gasteiger partial charge in [0.1, 0.15) is 0 Å². The van der Waals surface area contributed by atoms with E-state index in [1.165, 1.54) is 16.7 Å². The molecule has 0 radical (unpaired) electrons. The quantitative estimate of drug-likeness (QED) is 0.553. The number of nitrogens with zero attached hydrogens (tertiary/aromatic N) is 1. The SMILES string of the molecule is CC(C)C(=O)Nc1ccc(N2CCc3ccccc3C2)c(C(=O)NCCc2ccccc2)c1. The average Bonchev–Trinajstić information content (AvgIpc) is 2.84. The van der Waals surface area contributed by atoms with Gasteiger partial charge in [-0.25, -0.2) is 0 Å². The fraction of sp³-hybridized carbons (Fsp3) is 0.286. The third kappa shape index (κ3) is 5.61. The summed E-state index contributed by atoms with van der Waals surface area (Å²) < 4.78 is 0. The zero-order valence-electron chi connectivity index (χ0n) is 19.3. The predicted octanol–water partition coefficient (Wildman–Crippen LogP) is 4.82. The Morgan fingerprint density at radius 1 is 0.939 bits per heavy atom. The van der Waals surface area contributed by atoms with E-state index < -0.39 is 0 Å². The maximum atomic E-state index is 13.3. The molecule has 0 saturated carbocycles. The van der Waals surface area contributed by atoms with E-state index in [9.17, 15) is 9.59 Å². The van der Waals surface area contributed by atoms with Gasteiger partial charge in [-0.2, -0.15) is 0 Å². The van der Waals surface area contributed by atoms with Crippen LogP contribution in [0.2, 0.25) is 0 Å². The molecule has 5 nitrogen and oxygen atoms in total. The Hall–Kier alpha value is -3.60. The highest BCUT2D eigenvalue weighted by atomic mass is 16.2. The van der Waals surface area contributed by atoms with Crippen molar-refractivity contribution < 1.29 is 9.59 Å². The van der Waals surface area contributed by atoms with Gasteiger partial charge in [-0.1, -0.05) is 68.4 Å². The lowest BCUT2D eigenvalue weighted by molar-refractivity contribution is -0.118. The summed E-state index contributed by atoms with van der Waals surface area (Å²) in [5.74, 6) is -0.322. The number of fused-ring (bicyclic) bond motifs is 1. The second-order valence-electron chi connectivity index (χ2n) is 8.81. The first-order chi connectivity index (χ1) is 16.0. The number of carbonyl (C=O) groups excluding carboxylic acids is 2. The molecule has 1 aliphatic heterocycles. The Labute approximate surface area is 195 Å². The number of carbonyl (C=O) groups is 2. The Balaban J connectivity index is 1.56. The molecule has 0 saturated heterocycles. The third-order valence-electron chi connectivity index (χ3n) is 6.05. The minimum atomic E-state index is -0.133. The molecule has 2 amide bonds. The van der Waals surface area contributed by atoms with E-state index in [1.54, 1.807) is 6.07 Å². The van der Waals surface area contributed by atoms with Crippen LogP contribution >= 0.6 is 0 Å². The minimum absolute atomic E-state index is 0.0647. The third-order valence-corrected chi connectivity index (χ3v) is 6.05. The summed E-state index contributed by atoms with van der Waals surface area (Å²) in [6.45, 7) is 5.86. The topological polar surface area (TPSA) is 61.4 Å². The van der Waals surface area contributed by atoms with E-state index in [4.69, 9.17) is 0 Å². The van der Waals surface area contributed by atoms with Crippen molar-refractivity contribution in [2.75, 3.05) is 23.3 Å². The highest BCUT2D eigenvalue weighted by Gasteiger charge is 2.22. The second kappa shape index (κ2) is 10.3. The molecule has 0 unspecified atom stereocenters. The first kappa shape index (κ1) is 22.6. The number of nitrogens with one attached hydrogen (secondary N) is 2. The summed E-state index contributed by atoms with van der Waals surface area (Å²) in [7, 11) is 0. The lowest BCUT2D eigenvalue weighted by Crippen LogP contribution is -2.33. The summed E-state index contributed by atoms with van der Waals surface area (Å²) in [6.07, 6.45) is 1.71. The Morgan fingerprint density at radius 3 is 2.42 bits per heavy atom. The average molecular weight is 442 g/mol. The van der Waals surface area contributed by atoms with E-state index in [0.717, 1.165) is 31.6 Å². The molecule has 0 aromatic heterocycles. The summed E-state index contributed by atoms with van der Waals surface area (Å²) in [5, 5.41) is 6.00. The summed E-state index contributed by atoms with van der Waals surface area (Å²) >= 11 is 0. The number of benzene rings is 3. The van der Waals surface area contributed by atoms with Gasteiger partial charge in [0.15, 0.2) is 0 Å². The molecule has 0 spiro atoms. The van der Waals surface area contributed by atoms with Crippen molar-refractivity contribution in [2.45, 2.75) is 33.2 Å². The van der Waals surface area contributed by atoms with Gasteiger partial charge in [0.05, 0.1) is 5.56 Å². The molecule has 1 aliphatic rings. The largest absolute Gasteiger partial charge is 0.366 e. The van der Waals surface area contributed by atoms with Gasteiger partial charge < -0.3 is 15.5 Å².